The number of imidazole rings is 1. The van der Waals surface area contributed by atoms with Crippen LogP contribution in [0, 0.1) is 12.7 Å². The van der Waals surface area contributed by atoms with E-state index < -0.39 is 23.8 Å². The topological polar surface area (TPSA) is 117 Å². The molecule has 4 aromatic rings. The molecule has 1 amide bonds. The molecule has 0 aliphatic carbocycles. The van der Waals surface area contributed by atoms with Crippen LogP contribution in [0.15, 0.2) is 45.6 Å². The number of hydrogen-bond acceptors (Lipinski definition) is 5. The average molecular weight is 397 g/mol. The summed E-state index contributed by atoms with van der Waals surface area (Å²) in [7, 11) is 0. The van der Waals surface area contributed by atoms with Crippen LogP contribution in [-0.4, -0.2) is 27.9 Å². The zero-order valence-electron chi connectivity index (χ0n) is 15.5. The maximum absolute atomic E-state index is 13.9. The van der Waals surface area contributed by atoms with Gasteiger partial charge in [0.25, 0.3) is 5.91 Å². The van der Waals surface area contributed by atoms with Crippen LogP contribution in [0.3, 0.4) is 0 Å². The molecular formula is C20H16FN3O5. The summed E-state index contributed by atoms with van der Waals surface area (Å²) in [5.41, 5.74) is 1.57. The van der Waals surface area contributed by atoms with Gasteiger partial charge in [-0.2, -0.15) is 0 Å². The van der Waals surface area contributed by atoms with Crippen LogP contribution in [0.4, 0.5) is 10.1 Å². The SMILES string of the molecule is Cc1c(C(=O)O[C@H](C)C(=O)Nc2ccc3[nH]c(=O)[nH]c3c2)oc2c(F)cccc12. The number of H-pyrrole nitrogens is 2. The molecule has 1 atom stereocenters. The Balaban J connectivity index is 1.49. The molecule has 29 heavy (non-hydrogen) atoms. The highest BCUT2D eigenvalue weighted by molar-refractivity contribution is 6.00. The second kappa shape index (κ2) is 6.93. The third kappa shape index (κ3) is 3.38. The number of aromatic nitrogens is 2. The van der Waals surface area contributed by atoms with Gasteiger partial charge in [-0.25, -0.2) is 14.0 Å². The van der Waals surface area contributed by atoms with Gasteiger partial charge in [-0.1, -0.05) is 12.1 Å². The van der Waals surface area contributed by atoms with Gasteiger partial charge in [0.1, 0.15) is 0 Å². The molecule has 3 N–H and O–H groups in total. The van der Waals surface area contributed by atoms with E-state index >= 15 is 0 Å². The van der Waals surface area contributed by atoms with Crippen LogP contribution in [0.1, 0.15) is 23.0 Å². The van der Waals surface area contributed by atoms with Gasteiger partial charge in [0.05, 0.1) is 11.0 Å². The Morgan fingerprint density at radius 1 is 1.17 bits per heavy atom. The van der Waals surface area contributed by atoms with Gasteiger partial charge in [-0.15, -0.1) is 0 Å². The van der Waals surface area contributed by atoms with Crippen molar-refractivity contribution < 1.29 is 23.1 Å². The number of aryl methyl sites for hydroxylation is 1. The number of hydrogen-bond donors (Lipinski definition) is 3. The van der Waals surface area contributed by atoms with Crippen molar-refractivity contribution in [3.63, 3.8) is 0 Å². The number of carbonyl (C=O) groups excluding carboxylic acids is 2. The fourth-order valence-corrected chi connectivity index (χ4v) is 3.03. The molecule has 0 aliphatic heterocycles. The van der Waals surface area contributed by atoms with Crippen molar-refractivity contribution in [3.8, 4) is 0 Å². The number of rotatable bonds is 4. The smallest absolute Gasteiger partial charge is 0.375 e. The lowest BCUT2D eigenvalue weighted by molar-refractivity contribution is -0.123. The molecule has 0 aliphatic rings. The average Bonchev–Trinajstić information content (AvgIpc) is 3.21. The standard InChI is InChI=1S/C20H16FN3O5/c1-9-12-4-3-5-13(21)17(12)29-16(9)19(26)28-10(2)18(25)22-11-6-7-14-15(8-11)24-20(27)23-14/h3-8,10H,1-2H3,(H,22,25)(H2,23,24,27)/t10-/m1/s1. The van der Waals surface area contributed by atoms with E-state index in [4.69, 9.17) is 9.15 Å². The Hall–Kier alpha value is -3.88. The van der Waals surface area contributed by atoms with E-state index in [0.29, 0.717) is 27.7 Å². The van der Waals surface area contributed by atoms with Gasteiger partial charge in [-0.3, -0.25) is 4.79 Å². The lowest BCUT2D eigenvalue weighted by Crippen LogP contribution is -2.30. The van der Waals surface area contributed by atoms with Crippen molar-refractivity contribution in [2.75, 3.05) is 5.32 Å². The Bertz CT molecular complexity index is 1320. The Morgan fingerprint density at radius 3 is 2.69 bits per heavy atom. The molecule has 0 spiro atoms. The highest BCUT2D eigenvalue weighted by atomic mass is 19.1. The molecule has 4 rings (SSSR count). The number of carbonyl (C=O) groups is 2. The van der Waals surface area contributed by atoms with Crippen molar-refractivity contribution in [1.82, 2.24) is 9.97 Å². The van der Waals surface area contributed by atoms with Crippen molar-refractivity contribution in [2.45, 2.75) is 20.0 Å². The molecule has 2 aromatic carbocycles. The lowest BCUT2D eigenvalue weighted by atomic mass is 10.1. The lowest BCUT2D eigenvalue weighted by Gasteiger charge is -2.13. The van der Waals surface area contributed by atoms with Crippen LogP contribution < -0.4 is 11.0 Å². The van der Waals surface area contributed by atoms with E-state index in [1.807, 2.05) is 0 Å². The van der Waals surface area contributed by atoms with Gasteiger partial charge >= 0.3 is 11.7 Å². The summed E-state index contributed by atoms with van der Waals surface area (Å²) in [6.07, 6.45) is -1.14. The monoisotopic (exact) mass is 397 g/mol. The fraction of sp³-hybridized carbons (Fsp3) is 0.150. The second-order valence-corrected chi connectivity index (χ2v) is 6.55. The highest BCUT2D eigenvalue weighted by Gasteiger charge is 2.25. The quantitative estimate of drug-likeness (QED) is 0.457. The number of para-hydroxylation sites is 1. The van der Waals surface area contributed by atoms with Crippen molar-refractivity contribution >= 4 is 39.6 Å². The number of fused-ring (bicyclic) bond motifs is 2. The molecule has 0 fully saturated rings. The predicted octanol–water partition coefficient (Wildman–Crippen LogP) is 3.23. The highest BCUT2D eigenvalue weighted by Crippen LogP contribution is 2.28. The van der Waals surface area contributed by atoms with Gasteiger partial charge < -0.3 is 24.4 Å². The minimum Gasteiger partial charge on any atom is -0.447 e. The number of esters is 1. The molecule has 0 saturated carbocycles. The number of amides is 1. The summed E-state index contributed by atoms with van der Waals surface area (Å²) in [4.78, 5) is 41.3. The first-order valence-corrected chi connectivity index (χ1v) is 8.75. The van der Waals surface area contributed by atoms with E-state index in [1.165, 1.54) is 19.1 Å². The molecule has 0 saturated heterocycles. The largest absolute Gasteiger partial charge is 0.447 e. The summed E-state index contributed by atoms with van der Waals surface area (Å²) < 4.78 is 24.4. The van der Waals surface area contributed by atoms with Crippen LogP contribution in [0.25, 0.3) is 22.0 Å². The number of furan rings is 1. The Labute approximate surface area is 162 Å². The van der Waals surface area contributed by atoms with Gasteiger partial charge in [-0.05, 0) is 38.1 Å². The maximum atomic E-state index is 13.9. The maximum Gasteiger partial charge on any atom is 0.375 e. The first kappa shape index (κ1) is 18.5. The summed E-state index contributed by atoms with van der Waals surface area (Å²) in [6, 6.07) is 9.18. The van der Waals surface area contributed by atoms with Crippen LogP contribution in [0.2, 0.25) is 0 Å². The second-order valence-electron chi connectivity index (χ2n) is 6.55. The molecule has 0 unspecified atom stereocenters. The molecular weight excluding hydrogens is 381 g/mol. The summed E-state index contributed by atoms with van der Waals surface area (Å²) in [6.45, 7) is 3.02. The summed E-state index contributed by atoms with van der Waals surface area (Å²) in [5.74, 6) is -2.19. The molecule has 8 nitrogen and oxygen atoms in total. The molecule has 9 heteroatoms. The van der Waals surface area contributed by atoms with Crippen molar-refractivity contribution in [3.05, 3.63) is 64.0 Å². The zero-order chi connectivity index (χ0) is 20.7. The minimum atomic E-state index is -1.14. The number of ether oxygens (including phenoxy) is 1. The van der Waals surface area contributed by atoms with Crippen molar-refractivity contribution in [1.29, 1.82) is 0 Å². The molecule has 2 heterocycles. The number of halogens is 1. The third-order valence-corrected chi connectivity index (χ3v) is 4.54. The van der Waals surface area contributed by atoms with Crippen LogP contribution in [-0.2, 0) is 9.53 Å². The summed E-state index contributed by atoms with van der Waals surface area (Å²) in [5, 5.41) is 3.07. The molecule has 148 valence electrons. The van der Waals surface area contributed by atoms with E-state index in [0.717, 1.165) is 0 Å². The molecule has 0 radical (unpaired) electrons. The van der Waals surface area contributed by atoms with E-state index in [-0.39, 0.29) is 17.0 Å². The first-order valence-electron chi connectivity index (χ1n) is 8.75. The van der Waals surface area contributed by atoms with E-state index in [1.54, 1.807) is 31.2 Å². The number of anilines is 1. The van der Waals surface area contributed by atoms with Gasteiger partial charge in [0, 0.05) is 16.6 Å². The van der Waals surface area contributed by atoms with E-state index in [2.05, 4.69) is 15.3 Å². The first-order chi connectivity index (χ1) is 13.8. The van der Waals surface area contributed by atoms with Gasteiger partial charge in [0.2, 0.25) is 5.76 Å². The predicted molar refractivity (Wildman–Crippen MR) is 103 cm³/mol. The van der Waals surface area contributed by atoms with Crippen LogP contribution in [0.5, 0.6) is 0 Å². The number of nitrogens with one attached hydrogen (secondary N) is 3. The Kier molecular flexibility index (Phi) is 4.42. The third-order valence-electron chi connectivity index (χ3n) is 4.54. The molecule has 0 bridgehead atoms. The summed E-state index contributed by atoms with van der Waals surface area (Å²) >= 11 is 0. The van der Waals surface area contributed by atoms with Crippen molar-refractivity contribution in [2.24, 2.45) is 0 Å². The number of aromatic amines is 2. The number of benzene rings is 2. The fourth-order valence-electron chi connectivity index (χ4n) is 3.03. The normalized spacial score (nSPS) is 12.2. The Morgan fingerprint density at radius 2 is 1.93 bits per heavy atom. The minimum absolute atomic E-state index is 0.0390. The molecule has 2 aromatic heterocycles. The van der Waals surface area contributed by atoms with Crippen LogP contribution >= 0.6 is 0 Å². The van der Waals surface area contributed by atoms with Gasteiger partial charge in [0.15, 0.2) is 17.5 Å². The zero-order valence-corrected chi connectivity index (χ0v) is 15.5. The van der Waals surface area contributed by atoms with E-state index in [9.17, 15) is 18.8 Å².